The summed E-state index contributed by atoms with van der Waals surface area (Å²) >= 11 is 0. The molecular weight excluding hydrogens is 246 g/mol. The number of benzene rings is 1. The zero-order valence-corrected chi connectivity index (χ0v) is 10.2. The third-order valence-electron chi connectivity index (χ3n) is 3.61. The molecule has 2 amide bonds. The van der Waals surface area contributed by atoms with Crippen LogP contribution in [0, 0.1) is 0 Å². The van der Waals surface area contributed by atoms with Crippen LogP contribution in [0.15, 0.2) is 24.3 Å². The van der Waals surface area contributed by atoms with Crippen LogP contribution in [-0.4, -0.2) is 33.8 Å². The van der Waals surface area contributed by atoms with Crippen molar-refractivity contribution in [2.45, 2.75) is 31.2 Å². The van der Waals surface area contributed by atoms with Crippen molar-refractivity contribution in [1.29, 1.82) is 0 Å². The molecule has 19 heavy (non-hydrogen) atoms. The van der Waals surface area contributed by atoms with Crippen molar-refractivity contribution in [3.05, 3.63) is 35.4 Å². The minimum atomic E-state index is -1.03. The SMILES string of the molecule is O=C(O)CC1C(=O)N(C2CC2)C(=O)c2ccccc21. The summed E-state index contributed by atoms with van der Waals surface area (Å²) in [5, 5.41) is 8.96. The largest absolute Gasteiger partial charge is 0.481 e. The second-order valence-corrected chi connectivity index (χ2v) is 4.98. The van der Waals surface area contributed by atoms with Crippen LogP contribution in [0.1, 0.15) is 41.1 Å². The summed E-state index contributed by atoms with van der Waals surface area (Å²) in [5.74, 6) is -2.43. The van der Waals surface area contributed by atoms with Crippen molar-refractivity contribution >= 4 is 17.8 Å². The molecule has 0 aromatic heterocycles. The van der Waals surface area contributed by atoms with Crippen molar-refractivity contribution in [3.63, 3.8) is 0 Å². The van der Waals surface area contributed by atoms with Crippen LogP contribution in [0.3, 0.4) is 0 Å². The number of aliphatic carboxylic acids is 1. The molecule has 1 unspecified atom stereocenters. The molecule has 1 fully saturated rings. The second-order valence-electron chi connectivity index (χ2n) is 4.98. The first-order chi connectivity index (χ1) is 9.09. The fourth-order valence-electron chi connectivity index (χ4n) is 2.58. The fourth-order valence-corrected chi connectivity index (χ4v) is 2.58. The van der Waals surface area contributed by atoms with E-state index in [0.29, 0.717) is 11.1 Å². The van der Waals surface area contributed by atoms with E-state index in [-0.39, 0.29) is 24.3 Å². The van der Waals surface area contributed by atoms with Gasteiger partial charge in [-0.05, 0) is 24.5 Å². The maximum absolute atomic E-state index is 12.4. The van der Waals surface area contributed by atoms with Gasteiger partial charge in [-0.1, -0.05) is 18.2 Å². The van der Waals surface area contributed by atoms with Crippen LogP contribution in [0.25, 0.3) is 0 Å². The van der Waals surface area contributed by atoms with Gasteiger partial charge in [0.1, 0.15) is 0 Å². The Morgan fingerprint density at radius 3 is 2.58 bits per heavy atom. The standard InChI is InChI=1S/C14H13NO4/c16-12(17)7-11-9-3-1-2-4-10(9)13(18)15(14(11)19)8-5-6-8/h1-4,8,11H,5-7H2,(H,16,17). The van der Waals surface area contributed by atoms with E-state index in [1.807, 2.05) is 0 Å². The third-order valence-corrected chi connectivity index (χ3v) is 3.61. The lowest BCUT2D eigenvalue weighted by Crippen LogP contribution is -2.46. The van der Waals surface area contributed by atoms with Gasteiger partial charge in [0.25, 0.3) is 5.91 Å². The highest BCUT2D eigenvalue weighted by Gasteiger charge is 2.45. The highest BCUT2D eigenvalue weighted by Crippen LogP contribution is 2.38. The summed E-state index contributed by atoms with van der Waals surface area (Å²) in [6.07, 6.45) is 1.37. The van der Waals surface area contributed by atoms with Gasteiger partial charge in [0, 0.05) is 11.6 Å². The van der Waals surface area contributed by atoms with E-state index < -0.39 is 11.9 Å². The number of hydrogen-bond donors (Lipinski definition) is 1. The summed E-state index contributed by atoms with van der Waals surface area (Å²) in [5.41, 5.74) is 0.997. The van der Waals surface area contributed by atoms with Gasteiger partial charge in [-0.25, -0.2) is 0 Å². The topological polar surface area (TPSA) is 74.7 Å². The molecule has 5 heteroatoms. The molecule has 3 rings (SSSR count). The Bertz CT molecular complexity index is 577. The number of imide groups is 1. The number of amides is 2. The van der Waals surface area contributed by atoms with Crippen LogP contribution < -0.4 is 0 Å². The zero-order valence-electron chi connectivity index (χ0n) is 10.2. The van der Waals surface area contributed by atoms with Crippen LogP contribution in [0.5, 0.6) is 0 Å². The normalized spacial score (nSPS) is 22.3. The molecule has 0 saturated heterocycles. The lowest BCUT2D eigenvalue weighted by atomic mass is 9.86. The molecule has 1 heterocycles. The molecule has 1 saturated carbocycles. The van der Waals surface area contributed by atoms with Gasteiger partial charge in [0.2, 0.25) is 5.91 Å². The fraction of sp³-hybridized carbons (Fsp3) is 0.357. The molecule has 1 atom stereocenters. The quantitative estimate of drug-likeness (QED) is 0.832. The Kier molecular flexibility index (Phi) is 2.62. The molecule has 1 aliphatic heterocycles. The Balaban J connectivity index is 2.07. The Morgan fingerprint density at radius 2 is 1.95 bits per heavy atom. The highest BCUT2D eigenvalue weighted by molar-refractivity contribution is 6.12. The Labute approximate surface area is 109 Å². The van der Waals surface area contributed by atoms with Gasteiger partial charge < -0.3 is 5.11 Å². The molecule has 2 aliphatic rings. The first-order valence-electron chi connectivity index (χ1n) is 6.27. The first-order valence-corrected chi connectivity index (χ1v) is 6.27. The van der Waals surface area contributed by atoms with Crippen LogP contribution in [-0.2, 0) is 9.59 Å². The lowest BCUT2D eigenvalue weighted by Gasteiger charge is -2.31. The maximum Gasteiger partial charge on any atom is 0.304 e. The third kappa shape index (κ3) is 1.91. The van der Waals surface area contributed by atoms with E-state index in [2.05, 4.69) is 0 Å². The molecule has 1 aromatic carbocycles. The van der Waals surface area contributed by atoms with Crippen molar-refractivity contribution in [2.75, 3.05) is 0 Å². The minimum absolute atomic E-state index is 0.0374. The molecule has 1 aromatic rings. The molecule has 0 bridgehead atoms. The maximum atomic E-state index is 12.4. The lowest BCUT2D eigenvalue weighted by molar-refractivity contribution is -0.141. The number of rotatable bonds is 3. The average Bonchev–Trinajstić information content (AvgIpc) is 3.19. The van der Waals surface area contributed by atoms with Gasteiger partial charge in [-0.3, -0.25) is 19.3 Å². The van der Waals surface area contributed by atoms with Gasteiger partial charge in [-0.15, -0.1) is 0 Å². The van der Waals surface area contributed by atoms with E-state index >= 15 is 0 Å². The van der Waals surface area contributed by atoms with Gasteiger partial charge in [0.05, 0.1) is 12.3 Å². The second kappa shape index (κ2) is 4.19. The van der Waals surface area contributed by atoms with E-state index in [1.165, 1.54) is 4.90 Å². The van der Waals surface area contributed by atoms with Crippen molar-refractivity contribution in [2.24, 2.45) is 0 Å². The predicted octanol–water partition coefficient (Wildman–Crippen LogP) is 1.39. The molecule has 5 nitrogen and oxygen atoms in total. The highest BCUT2D eigenvalue weighted by atomic mass is 16.4. The monoisotopic (exact) mass is 259 g/mol. The number of carbonyl (C=O) groups excluding carboxylic acids is 2. The number of fused-ring (bicyclic) bond motifs is 1. The van der Waals surface area contributed by atoms with E-state index in [0.717, 1.165) is 12.8 Å². The average molecular weight is 259 g/mol. The number of hydrogen-bond acceptors (Lipinski definition) is 3. The Morgan fingerprint density at radius 1 is 1.26 bits per heavy atom. The number of nitrogens with zero attached hydrogens (tertiary/aromatic N) is 1. The van der Waals surface area contributed by atoms with Crippen LogP contribution >= 0.6 is 0 Å². The molecule has 1 aliphatic carbocycles. The predicted molar refractivity (Wildman–Crippen MR) is 65.6 cm³/mol. The summed E-state index contributed by atoms with van der Waals surface area (Å²) in [4.78, 5) is 36.9. The number of carboxylic acids is 1. The van der Waals surface area contributed by atoms with Crippen LogP contribution in [0.4, 0.5) is 0 Å². The summed E-state index contributed by atoms with van der Waals surface area (Å²) in [6, 6.07) is 6.75. The molecular formula is C14H13NO4. The number of carboxylic acid groups (broad SMARTS) is 1. The van der Waals surface area contributed by atoms with E-state index in [1.54, 1.807) is 24.3 Å². The van der Waals surface area contributed by atoms with E-state index in [4.69, 9.17) is 5.11 Å². The van der Waals surface area contributed by atoms with Crippen molar-refractivity contribution in [1.82, 2.24) is 4.90 Å². The molecule has 0 spiro atoms. The van der Waals surface area contributed by atoms with Gasteiger partial charge in [-0.2, -0.15) is 0 Å². The molecule has 1 N–H and O–H groups in total. The Hall–Kier alpha value is -2.17. The molecule has 0 radical (unpaired) electrons. The van der Waals surface area contributed by atoms with Crippen LogP contribution in [0.2, 0.25) is 0 Å². The van der Waals surface area contributed by atoms with Gasteiger partial charge >= 0.3 is 5.97 Å². The first kappa shape index (κ1) is 11.9. The smallest absolute Gasteiger partial charge is 0.304 e. The van der Waals surface area contributed by atoms with Crippen molar-refractivity contribution in [3.8, 4) is 0 Å². The summed E-state index contributed by atoms with van der Waals surface area (Å²) in [6.45, 7) is 0. The zero-order chi connectivity index (χ0) is 13.6. The van der Waals surface area contributed by atoms with Gasteiger partial charge in [0.15, 0.2) is 0 Å². The van der Waals surface area contributed by atoms with Crippen molar-refractivity contribution < 1.29 is 19.5 Å². The van der Waals surface area contributed by atoms with E-state index in [9.17, 15) is 14.4 Å². The number of carbonyl (C=O) groups is 3. The summed E-state index contributed by atoms with van der Waals surface area (Å²) in [7, 11) is 0. The minimum Gasteiger partial charge on any atom is -0.481 e. The molecule has 98 valence electrons. The summed E-state index contributed by atoms with van der Waals surface area (Å²) < 4.78 is 0.